The first-order valence-corrected chi connectivity index (χ1v) is 21.8. The molecule has 52 heavy (non-hydrogen) atoms. The maximum absolute atomic E-state index is 12.5. The van der Waals surface area contributed by atoms with Gasteiger partial charge in [0.25, 0.3) is 0 Å². The van der Waals surface area contributed by atoms with Crippen LogP contribution in [0.5, 0.6) is 0 Å². The van der Waals surface area contributed by atoms with Crippen molar-refractivity contribution in [2.45, 2.75) is 167 Å². The summed E-state index contributed by atoms with van der Waals surface area (Å²) >= 11 is 0. The molecule has 0 heterocycles. The lowest BCUT2D eigenvalue weighted by atomic mass is 10.1. The monoisotopic (exact) mass is 755 g/mol. The van der Waals surface area contributed by atoms with Crippen LogP contribution in [0.2, 0.25) is 0 Å². The zero-order valence-electron chi connectivity index (χ0n) is 32.8. The van der Waals surface area contributed by atoms with Crippen molar-refractivity contribution in [3.8, 4) is 0 Å². The molecule has 10 heteroatoms. The number of aliphatic hydroxyl groups excluding tert-OH is 2. The van der Waals surface area contributed by atoms with Crippen LogP contribution >= 0.6 is 7.82 Å². The summed E-state index contributed by atoms with van der Waals surface area (Å²) in [6.07, 6.45) is 43.2. The summed E-state index contributed by atoms with van der Waals surface area (Å²) in [6.45, 7) is 3.32. The zero-order chi connectivity index (χ0) is 38.2. The molecule has 0 saturated carbocycles. The van der Waals surface area contributed by atoms with Crippen molar-refractivity contribution < 1.29 is 43.0 Å². The van der Waals surface area contributed by atoms with Gasteiger partial charge in [-0.2, -0.15) is 0 Å². The number of esters is 1. The minimum Gasteiger partial charge on any atom is -0.457 e. The highest BCUT2D eigenvalue weighted by Gasteiger charge is 2.26. The molecule has 9 nitrogen and oxygen atoms in total. The maximum atomic E-state index is 12.5. The zero-order valence-corrected chi connectivity index (χ0v) is 33.7. The highest BCUT2D eigenvalue weighted by atomic mass is 31.2. The van der Waals surface area contributed by atoms with Gasteiger partial charge in [-0.05, 0) is 57.8 Å². The predicted molar refractivity (Wildman–Crippen MR) is 214 cm³/mol. The van der Waals surface area contributed by atoms with Gasteiger partial charge >= 0.3 is 13.8 Å². The summed E-state index contributed by atoms with van der Waals surface area (Å²) in [6, 6.07) is 0. The second kappa shape index (κ2) is 38.9. The van der Waals surface area contributed by atoms with Crippen molar-refractivity contribution in [3.63, 3.8) is 0 Å². The van der Waals surface area contributed by atoms with E-state index in [1.807, 2.05) is 0 Å². The number of hydrogen-bond acceptors (Lipinski definition) is 8. The summed E-state index contributed by atoms with van der Waals surface area (Å²) in [7, 11) is -4.52. The van der Waals surface area contributed by atoms with Gasteiger partial charge in [-0.3, -0.25) is 13.8 Å². The Bertz CT molecular complexity index is 992. The largest absolute Gasteiger partial charge is 0.472 e. The van der Waals surface area contributed by atoms with Gasteiger partial charge in [0.2, 0.25) is 0 Å². The van der Waals surface area contributed by atoms with E-state index in [0.717, 1.165) is 83.5 Å². The van der Waals surface area contributed by atoms with Crippen molar-refractivity contribution in [1.29, 1.82) is 0 Å². The van der Waals surface area contributed by atoms with E-state index in [9.17, 15) is 19.4 Å². The number of phosphoric acid groups is 1. The predicted octanol–water partition coefficient (Wildman–Crippen LogP) is 10.8. The van der Waals surface area contributed by atoms with Crippen LogP contribution in [-0.2, 0) is 27.9 Å². The van der Waals surface area contributed by atoms with Crippen molar-refractivity contribution in [3.05, 3.63) is 60.8 Å². The summed E-state index contributed by atoms with van der Waals surface area (Å²) in [4.78, 5) is 22.5. The molecular weight excluding hydrogens is 679 g/mol. The van der Waals surface area contributed by atoms with Crippen molar-refractivity contribution in [1.82, 2.24) is 0 Å². The lowest BCUT2D eigenvalue weighted by molar-refractivity contribution is -0.154. The van der Waals surface area contributed by atoms with Gasteiger partial charge in [0.1, 0.15) is 12.2 Å². The first kappa shape index (κ1) is 50.2. The first-order chi connectivity index (χ1) is 25.3. The number of phosphoric ester groups is 1. The van der Waals surface area contributed by atoms with Crippen molar-refractivity contribution >= 4 is 13.8 Å². The van der Waals surface area contributed by atoms with E-state index in [1.54, 1.807) is 0 Å². The third-order valence-electron chi connectivity index (χ3n) is 8.22. The molecule has 0 saturated heterocycles. The van der Waals surface area contributed by atoms with E-state index < -0.39 is 39.2 Å². The molecule has 0 aromatic heterocycles. The number of carbonyl (C=O) groups is 1. The smallest absolute Gasteiger partial charge is 0.457 e. The van der Waals surface area contributed by atoms with Crippen molar-refractivity contribution in [2.24, 2.45) is 0 Å². The summed E-state index contributed by atoms with van der Waals surface area (Å²) < 4.78 is 33.2. The van der Waals surface area contributed by atoms with E-state index >= 15 is 0 Å². The van der Waals surface area contributed by atoms with Crippen LogP contribution in [-0.4, -0.2) is 66.3 Å². The van der Waals surface area contributed by atoms with Crippen LogP contribution in [0.15, 0.2) is 60.8 Å². The molecule has 0 spiro atoms. The molecule has 3 unspecified atom stereocenters. The molecule has 0 bridgehead atoms. The quantitative estimate of drug-likeness (QED) is 0.0244. The van der Waals surface area contributed by atoms with Crippen molar-refractivity contribution in [2.75, 3.05) is 33.0 Å². The highest BCUT2D eigenvalue weighted by molar-refractivity contribution is 7.47. The normalized spacial score (nSPS) is 14.8. The Balaban J connectivity index is 4.24. The minimum atomic E-state index is -4.52. The van der Waals surface area contributed by atoms with Crippen LogP contribution in [0, 0.1) is 0 Å². The molecule has 0 amide bonds. The number of carbonyl (C=O) groups excluding carboxylic acids is 1. The Morgan fingerprint density at radius 3 is 1.65 bits per heavy atom. The van der Waals surface area contributed by atoms with Gasteiger partial charge < -0.3 is 24.6 Å². The highest BCUT2D eigenvalue weighted by Crippen LogP contribution is 2.43. The molecule has 0 fully saturated rings. The maximum Gasteiger partial charge on any atom is 0.472 e. The fraction of sp³-hybridized carbons (Fsp3) is 0.738. The Kier molecular flexibility index (Phi) is 37.5. The van der Waals surface area contributed by atoms with E-state index in [-0.39, 0.29) is 19.6 Å². The molecule has 0 aliphatic carbocycles. The Hall–Kier alpha value is -1.84. The van der Waals surface area contributed by atoms with Gasteiger partial charge in [0.15, 0.2) is 0 Å². The molecule has 3 N–H and O–H groups in total. The molecule has 0 radical (unpaired) electrons. The topological polar surface area (TPSA) is 132 Å². The fourth-order valence-electron chi connectivity index (χ4n) is 5.15. The Morgan fingerprint density at radius 2 is 1.10 bits per heavy atom. The van der Waals surface area contributed by atoms with Gasteiger partial charge in [-0.25, -0.2) is 4.57 Å². The lowest BCUT2D eigenvalue weighted by Crippen LogP contribution is -2.29. The molecule has 0 aliphatic heterocycles. The number of rotatable bonds is 38. The van der Waals surface area contributed by atoms with Gasteiger partial charge in [-0.1, -0.05) is 152 Å². The average molecular weight is 755 g/mol. The lowest BCUT2D eigenvalue weighted by Gasteiger charge is -2.20. The fourth-order valence-corrected chi connectivity index (χ4v) is 5.93. The number of allylic oxidation sites excluding steroid dienone is 10. The molecule has 0 aliphatic rings. The van der Waals surface area contributed by atoms with Crippen LogP contribution in [0.1, 0.15) is 155 Å². The summed E-state index contributed by atoms with van der Waals surface area (Å²) in [5.74, 6) is -0.396. The van der Waals surface area contributed by atoms with Gasteiger partial charge in [0, 0.05) is 13.0 Å². The first-order valence-electron chi connectivity index (χ1n) is 20.3. The SMILES string of the molecule is CC/C=C\C/C=C\C/C=C\C/C=C\C/C=C\CCCCCCOCC(COP(=O)(O)OCC(O)CO)OC(=O)CCCCCCCCCCCCC. The molecular formula is C42H75O9P. The second-order valence-corrected chi connectivity index (χ2v) is 14.7. The number of ether oxygens (including phenoxy) is 2. The van der Waals surface area contributed by atoms with Gasteiger partial charge in [0.05, 0.1) is 26.4 Å². The number of hydrogen-bond donors (Lipinski definition) is 3. The summed E-state index contributed by atoms with van der Waals surface area (Å²) in [5.41, 5.74) is 0. The van der Waals surface area contributed by atoms with Gasteiger partial charge in [-0.15, -0.1) is 0 Å². The van der Waals surface area contributed by atoms with Crippen LogP contribution in [0.3, 0.4) is 0 Å². The van der Waals surface area contributed by atoms with E-state index in [4.69, 9.17) is 23.6 Å². The Morgan fingerprint density at radius 1 is 0.615 bits per heavy atom. The molecule has 0 aromatic rings. The van der Waals surface area contributed by atoms with Crippen LogP contribution in [0.25, 0.3) is 0 Å². The third-order valence-corrected chi connectivity index (χ3v) is 9.17. The van der Waals surface area contributed by atoms with Crippen LogP contribution in [0.4, 0.5) is 0 Å². The molecule has 3 atom stereocenters. The standard InChI is InChI=1S/C42H75O9P/c1-3-5-7-9-11-13-15-16-17-18-19-20-21-22-23-25-27-29-31-33-35-48-38-41(39-50-52(46,47)49-37-40(44)36-43)51-42(45)34-32-30-28-26-24-14-12-10-8-6-4-2/h5,7,11,13,16-17,19-20,22-23,40-41,43-44H,3-4,6,8-10,12,14-15,18,21,24-39H2,1-2H3,(H,46,47)/b7-5-,13-11-,17-16-,20-19-,23-22-. The molecule has 0 aromatic carbocycles. The Labute approximate surface area is 317 Å². The minimum absolute atomic E-state index is 0.0310. The molecule has 0 rings (SSSR count). The van der Waals surface area contributed by atoms with Crippen LogP contribution < -0.4 is 0 Å². The number of unbranched alkanes of at least 4 members (excludes halogenated alkanes) is 14. The summed E-state index contributed by atoms with van der Waals surface area (Å²) in [5, 5.41) is 18.3. The third kappa shape index (κ3) is 37.9. The number of aliphatic hydroxyl groups is 2. The van der Waals surface area contributed by atoms with E-state index in [2.05, 4.69) is 74.6 Å². The average Bonchev–Trinajstić information content (AvgIpc) is 3.13. The molecule has 302 valence electrons. The van der Waals surface area contributed by atoms with E-state index in [0.29, 0.717) is 6.61 Å². The second-order valence-electron chi connectivity index (χ2n) is 13.3. The van der Waals surface area contributed by atoms with E-state index in [1.165, 1.54) is 51.4 Å².